The van der Waals surface area contributed by atoms with Crippen molar-refractivity contribution in [3.8, 4) is 0 Å². The van der Waals surface area contributed by atoms with Gasteiger partial charge in [-0.1, -0.05) is 32.9 Å². The van der Waals surface area contributed by atoms with Gasteiger partial charge in [0.15, 0.2) is 0 Å². The zero-order valence-corrected chi connectivity index (χ0v) is 15.9. The van der Waals surface area contributed by atoms with E-state index in [4.69, 9.17) is 0 Å². The fourth-order valence-electron chi connectivity index (χ4n) is 4.04. The SMILES string of the molecule is CC(C)(C)c1ccc(C(=O)N2CCC(N3CCCC(O)C3)CC2)cc1. The number of rotatable bonds is 2. The highest BCUT2D eigenvalue weighted by Crippen LogP contribution is 2.24. The van der Waals surface area contributed by atoms with Crippen molar-refractivity contribution in [2.24, 2.45) is 0 Å². The van der Waals surface area contributed by atoms with Crippen molar-refractivity contribution in [2.45, 2.75) is 64.0 Å². The highest BCUT2D eigenvalue weighted by Gasteiger charge is 2.30. The minimum absolute atomic E-state index is 0.110. The Morgan fingerprint density at radius 2 is 1.68 bits per heavy atom. The number of aliphatic hydroxyl groups excluding tert-OH is 1. The van der Waals surface area contributed by atoms with Crippen LogP contribution in [0, 0.1) is 0 Å². The van der Waals surface area contributed by atoms with E-state index in [2.05, 4.69) is 37.8 Å². The van der Waals surface area contributed by atoms with Gasteiger partial charge in [-0.15, -0.1) is 0 Å². The molecule has 2 aliphatic rings. The summed E-state index contributed by atoms with van der Waals surface area (Å²) in [5, 5.41) is 9.87. The number of carbonyl (C=O) groups is 1. The standard InChI is InChI=1S/C21H32N2O2/c1-21(2,3)17-8-6-16(7-9-17)20(25)22-13-10-18(11-14-22)23-12-4-5-19(24)15-23/h6-9,18-19,24H,4-5,10-15H2,1-3H3. The Hall–Kier alpha value is -1.39. The fourth-order valence-corrected chi connectivity index (χ4v) is 4.04. The van der Waals surface area contributed by atoms with Crippen molar-refractivity contribution in [1.29, 1.82) is 0 Å². The van der Waals surface area contributed by atoms with E-state index >= 15 is 0 Å². The molecule has 1 amide bonds. The molecule has 2 saturated heterocycles. The Morgan fingerprint density at radius 1 is 1.04 bits per heavy atom. The van der Waals surface area contributed by atoms with E-state index in [0.717, 1.165) is 57.4 Å². The molecule has 1 atom stereocenters. The summed E-state index contributed by atoms with van der Waals surface area (Å²) in [5.41, 5.74) is 2.16. The van der Waals surface area contributed by atoms with Crippen LogP contribution < -0.4 is 0 Å². The van der Waals surface area contributed by atoms with Gasteiger partial charge in [0.25, 0.3) is 5.91 Å². The lowest BCUT2D eigenvalue weighted by Crippen LogP contribution is -2.50. The number of nitrogens with zero attached hydrogens (tertiary/aromatic N) is 2. The molecule has 4 heteroatoms. The summed E-state index contributed by atoms with van der Waals surface area (Å²) in [6.07, 6.45) is 3.87. The van der Waals surface area contributed by atoms with Crippen LogP contribution in [-0.4, -0.2) is 59.1 Å². The van der Waals surface area contributed by atoms with Gasteiger partial charge in [0.2, 0.25) is 0 Å². The highest BCUT2D eigenvalue weighted by molar-refractivity contribution is 5.94. The molecule has 1 N–H and O–H groups in total. The first kappa shape index (κ1) is 18.4. The van der Waals surface area contributed by atoms with Crippen LogP contribution in [-0.2, 0) is 5.41 Å². The first-order valence-electron chi connectivity index (χ1n) is 9.66. The maximum Gasteiger partial charge on any atom is 0.253 e. The summed E-state index contributed by atoms with van der Waals surface area (Å²) in [6, 6.07) is 8.61. The molecule has 2 fully saturated rings. The van der Waals surface area contributed by atoms with Gasteiger partial charge < -0.3 is 10.0 Å². The fraction of sp³-hybridized carbons (Fsp3) is 0.667. The Labute approximate surface area is 151 Å². The van der Waals surface area contributed by atoms with Gasteiger partial charge in [-0.25, -0.2) is 0 Å². The second kappa shape index (κ2) is 7.46. The zero-order chi connectivity index (χ0) is 18.0. The molecule has 2 heterocycles. The maximum absolute atomic E-state index is 12.8. The van der Waals surface area contributed by atoms with Crippen LogP contribution in [0.3, 0.4) is 0 Å². The van der Waals surface area contributed by atoms with Crippen molar-refractivity contribution in [1.82, 2.24) is 9.80 Å². The van der Waals surface area contributed by atoms with Crippen molar-refractivity contribution in [3.05, 3.63) is 35.4 Å². The molecule has 2 aliphatic heterocycles. The van der Waals surface area contributed by atoms with E-state index in [1.54, 1.807) is 0 Å². The number of benzene rings is 1. The van der Waals surface area contributed by atoms with Crippen LogP contribution in [0.15, 0.2) is 24.3 Å². The number of hydrogen-bond acceptors (Lipinski definition) is 3. The van der Waals surface area contributed by atoms with Gasteiger partial charge in [0.1, 0.15) is 0 Å². The van der Waals surface area contributed by atoms with Crippen molar-refractivity contribution >= 4 is 5.91 Å². The van der Waals surface area contributed by atoms with Crippen LogP contribution in [0.2, 0.25) is 0 Å². The van der Waals surface area contributed by atoms with Crippen LogP contribution in [0.25, 0.3) is 0 Å². The summed E-state index contributed by atoms with van der Waals surface area (Å²) in [5.74, 6) is 0.151. The van der Waals surface area contributed by atoms with Gasteiger partial charge in [-0.3, -0.25) is 9.69 Å². The first-order valence-corrected chi connectivity index (χ1v) is 9.66. The third-order valence-corrected chi connectivity index (χ3v) is 5.69. The predicted molar refractivity (Wildman–Crippen MR) is 101 cm³/mol. The van der Waals surface area contributed by atoms with E-state index in [1.807, 2.05) is 17.0 Å². The molecule has 0 aliphatic carbocycles. The number of carbonyl (C=O) groups excluding carboxylic acids is 1. The molecule has 1 aromatic carbocycles. The Morgan fingerprint density at radius 3 is 2.24 bits per heavy atom. The number of piperidine rings is 2. The highest BCUT2D eigenvalue weighted by atomic mass is 16.3. The molecule has 0 saturated carbocycles. The lowest BCUT2D eigenvalue weighted by Gasteiger charge is -2.41. The maximum atomic E-state index is 12.8. The number of aliphatic hydroxyl groups is 1. The van der Waals surface area contributed by atoms with E-state index in [1.165, 1.54) is 5.56 Å². The zero-order valence-electron chi connectivity index (χ0n) is 15.9. The smallest absolute Gasteiger partial charge is 0.253 e. The van der Waals surface area contributed by atoms with Gasteiger partial charge in [-0.05, 0) is 55.3 Å². The normalized spacial score (nSPS) is 23.7. The molecule has 0 radical (unpaired) electrons. The van der Waals surface area contributed by atoms with E-state index in [-0.39, 0.29) is 17.4 Å². The molecule has 0 aromatic heterocycles. The molecular weight excluding hydrogens is 312 g/mol. The Kier molecular flexibility index (Phi) is 5.49. The second-order valence-electron chi connectivity index (χ2n) is 8.64. The van der Waals surface area contributed by atoms with E-state index in [0.29, 0.717) is 6.04 Å². The molecule has 4 nitrogen and oxygen atoms in total. The topological polar surface area (TPSA) is 43.8 Å². The van der Waals surface area contributed by atoms with Crippen LogP contribution in [0.5, 0.6) is 0 Å². The third-order valence-electron chi connectivity index (χ3n) is 5.69. The quantitative estimate of drug-likeness (QED) is 0.897. The van der Waals surface area contributed by atoms with Gasteiger partial charge in [0.05, 0.1) is 6.10 Å². The molecule has 138 valence electrons. The van der Waals surface area contributed by atoms with Gasteiger partial charge in [-0.2, -0.15) is 0 Å². The average Bonchev–Trinajstić information content (AvgIpc) is 2.61. The van der Waals surface area contributed by atoms with Gasteiger partial charge in [0, 0.05) is 31.2 Å². The minimum Gasteiger partial charge on any atom is -0.392 e. The van der Waals surface area contributed by atoms with Crippen molar-refractivity contribution < 1.29 is 9.90 Å². The van der Waals surface area contributed by atoms with Gasteiger partial charge >= 0.3 is 0 Å². The van der Waals surface area contributed by atoms with Crippen LogP contribution in [0.4, 0.5) is 0 Å². The van der Waals surface area contributed by atoms with Crippen molar-refractivity contribution in [2.75, 3.05) is 26.2 Å². The predicted octanol–water partition coefficient (Wildman–Crippen LogP) is 3.05. The first-order chi connectivity index (χ1) is 11.8. The van der Waals surface area contributed by atoms with Crippen LogP contribution in [0.1, 0.15) is 62.4 Å². The van der Waals surface area contributed by atoms with E-state index < -0.39 is 0 Å². The lowest BCUT2D eigenvalue weighted by molar-refractivity contribution is 0.0241. The number of β-amino-alcohol motifs (C(OH)–C–C–N with tert-alkyl or cyclic N) is 1. The largest absolute Gasteiger partial charge is 0.392 e. The molecule has 1 unspecified atom stereocenters. The van der Waals surface area contributed by atoms with Crippen molar-refractivity contribution in [3.63, 3.8) is 0 Å². The monoisotopic (exact) mass is 344 g/mol. The molecule has 25 heavy (non-hydrogen) atoms. The number of likely N-dealkylation sites (tertiary alicyclic amines) is 2. The van der Waals surface area contributed by atoms with E-state index in [9.17, 15) is 9.90 Å². The molecular formula is C21H32N2O2. The molecule has 1 aromatic rings. The average molecular weight is 344 g/mol. The minimum atomic E-state index is -0.172. The number of amides is 1. The number of hydrogen-bond donors (Lipinski definition) is 1. The summed E-state index contributed by atoms with van der Waals surface area (Å²) in [4.78, 5) is 17.2. The summed E-state index contributed by atoms with van der Waals surface area (Å²) in [7, 11) is 0. The summed E-state index contributed by atoms with van der Waals surface area (Å²) < 4.78 is 0. The molecule has 3 rings (SSSR count). The second-order valence-corrected chi connectivity index (χ2v) is 8.64. The molecule has 0 spiro atoms. The van der Waals surface area contributed by atoms with Crippen LogP contribution >= 0.6 is 0 Å². The molecule has 0 bridgehead atoms. The summed E-state index contributed by atoms with van der Waals surface area (Å²) >= 11 is 0. The third kappa shape index (κ3) is 4.42. The summed E-state index contributed by atoms with van der Waals surface area (Å²) in [6.45, 7) is 10.1. The Balaban J connectivity index is 1.56. The Bertz CT molecular complexity index is 583. The lowest BCUT2D eigenvalue weighted by atomic mass is 9.86.